The van der Waals surface area contributed by atoms with Gasteiger partial charge in [-0.3, -0.25) is 24.4 Å². The highest BCUT2D eigenvalue weighted by Crippen LogP contribution is 2.43. The van der Waals surface area contributed by atoms with Crippen molar-refractivity contribution < 1.29 is 33.4 Å². The first-order valence-electron chi connectivity index (χ1n) is 24.5. The van der Waals surface area contributed by atoms with Crippen molar-refractivity contribution in [3.8, 4) is 22.5 Å². The number of urea groups is 1. The number of hydrazine groups is 1. The summed E-state index contributed by atoms with van der Waals surface area (Å²) in [7, 11) is 5.54. The second-order valence-corrected chi connectivity index (χ2v) is 21.2. The summed E-state index contributed by atoms with van der Waals surface area (Å²) in [6.45, 7) is 17.3. The standard InChI is InChI=1S/C51H71N9O7S/c1-10-59-42-14-13-34-24-36(42)38(46(59)37-25-35(28-52-44(37)32(4)65-9)33-15-18-56(7)19-16-33)27-51(5,6)30-67-49(63)39-12-11-17-60(55-39)48(62)40(26-43-53-41(34)29-68-43)54-47(61)45(31(2)3)57(8)50(64)58-20-22-66-23-21-58/h13-14,24-25,28-29,31-33,39-40,45,55H,10-12,15-23,26-27,30H2,1-9H3,(H,54,61)/t32-,39-,40-,45?/m0/s1. The van der Waals surface area contributed by atoms with Crippen molar-refractivity contribution in [2.45, 2.75) is 117 Å². The molecule has 17 heteroatoms. The molecule has 4 aliphatic heterocycles. The van der Waals surface area contributed by atoms with Crippen LogP contribution in [-0.4, -0.2) is 150 Å². The van der Waals surface area contributed by atoms with Crippen LogP contribution in [0.5, 0.6) is 0 Å². The quantitative estimate of drug-likeness (QED) is 0.178. The van der Waals surface area contributed by atoms with E-state index in [2.05, 4.69) is 85.4 Å². The van der Waals surface area contributed by atoms with Gasteiger partial charge < -0.3 is 38.8 Å². The summed E-state index contributed by atoms with van der Waals surface area (Å²) < 4.78 is 20.0. The molecule has 6 bridgehead atoms. The van der Waals surface area contributed by atoms with Gasteiger partial charge in [-0.05, 0) is 107 Å². The highest BCUT2D eigenvalue weighted by Gasteiger charge is 2.39. The number of aromatic nitrogens is 3. The molecule has 0 saturated carbocycles. The van der Waals surface area contributed by atoms with Crippen molar-refractivity contribution in [2.24, 2.45) is 11.3 Å². The van der Waals surface area contributed by atoms with Gasteiger partial charge in [-0.25, -0.2) is 15.2 Å². The number of nitrogens with zero attached hydrogens (tertiary/aromatic N) is 7. The molecule has 2 N–H and O–H groups in total. The minimum absolute atomic E-state index is 0.105. The van der Waals surface area contributed by atoms with E-state index in [0.29, 0.717) is 69.6 Å². The molecule has 8 rings (SSSR count). The summed E-state index contributed by atoms with van der Waals surface area (Å²) in [6, 6.07) is 5.91. The zero-order chi connectivity index (χ0) is 48.4. The molecule has 16 nitrogen and oxygen atoms in total. The molecule has 0 spiro atoms. The lowest BCUT2D eigenvalue weighted by molar-refractivity contribution is -0.155. The maximum Gasteiger partial charge on any atom is 0.324 e. The van der Waals surface area contributed by atoms with Gasteiger partial charge in [0.2, 0.25) is 5.91 Å². The van der Waals surface area contributed by atoms with Gasteiger partial charge >= 0.3 is 12.0 Å². The zero-order valence-corrected chi connectivity index (χ0v) is 42.2. The Bertz CT molecular complexity index is 2470. The number of pyridine rings is 1. The number of aryl methyl sites for hydroxylation is 1. The molecule has 3 aromatic heterocycles. The van der Waals surface area contributed by atoms with E-state index in [4.69, 9.17) is 24.2 Å². The fourth-order valence-corrected chi connectivity index (χ4v) is 11.3. The lowest BCUT2D eigenvalue weighted by atomic mass is 9.83. The van der Waals surface area contributed by atoms with Crippen LogP contribution in [0.15, 0.2) is 35.8 Å². The molecular formula is C51H71N9O7S. The van der Waals surface area contributed by atoms with Crippen molar-refractivity contribution in [3.63, 3.8) is 0 Å². The predicted molar refractivity (Wildman–Crippen MR) is 263 cm³/mol. The number of carbonyl (C=O) groups excluding carboxylic acids is 4. The second kappa shape index (κ2) is 21.0. The van der Waals surface area contributed by atoms with Crippen molar-refractivity contribution >= 4 is 46.1 Å². The van der Waals surface area contributed by atoms with Crippen LogP contribution in [0.2, 0.25) is 0 Å². The molecule has 4 aliphatic rings. The van der Waals surface area contributed by atoms with Crippen molar-refractivity contribution in [3.05, 3.63) is 57.7 Å². The van der Waals surface area contributed by atoms with Crippen LogP contribution in [0.25, 0.3) is 33.4 Å². The Labute approximate surface area is 405 Å². The predicted octanol–water partition coefficient (Wildman–Crippen LogP) is 6.42. The number of amides is 4. The highest BCUT2D eigenvalue weighted by atomic mass is 32.1. The molecular weight excluding hydrogens is 883 g/mol. The normalized spacial score (nSPS) is 21.9. The van der Waals surface area contributed by atoms with Crippen LogP contribution in [0.3, 0.4) is 0 Å². The van der Waals surface area contributed by atoms with E-state index < -0.39 is 41.3 Å². The molecule has 7 heterocycles. The summed E-state index contributed by atoms with van der Waals surface area (Å²) in [5.74, 6) is -1.14. The first-order valence-corrected chi connectivity index (χ1v) is 25.4. The summed E-state index contributed by atoms with van der Waals surface area (Å²) in [4.78, 5) is 72.6. The Balaban J connectivity index is 1.21. The van der Waals surface area contributed by atoms with E-state index in [1.54, 1.807) is 19.1 Å². The Hall–Kier alpha value is -4.94. The summed E-state index contributed by atoms with van der Waals surface area (Å²) >= 11 is 1.44. The van der Waals surface area contributed by atoms with Gasteiger partial charge in [0.15, 0.2) is 0 Å². The van der Waals surface area contributed by atoms with Crippen LogP contribution in [0.4, 0.5) is 4.79 Å². The molecule has 3 fully saturated rings. The number of nitrogens with one attached hydrogen (secondary N) is 2. The maximum absolute atomic E-state index is 14.6. The number of fused-ring (bicyclic) bond motifs is 6. The lowest BCUT2D eigenvalue weighted by Gasteiger charge is -2.38. The van der Waals surface area contributed by atoms with Crippen LogP contribution in [-0.2, 0) is 48.0 Å². The molecule has 3 saturated heterocycles. The Morgan fingerprint density at radius 3 is 2.51 bits per heavy atom. The number of rotatable bonds is 9. The second-order valence-electron chi connectivity index (χ2n) is 20.3. The number of methoxy groups -OCH3 is 1. The van der Waals surface area contributed by atoms with Crippen molar-refractivity contribution in [2.75, 3.05) is 73.7 Å². The molecule has 4 aromatic rings. The first kappa shape index (κ1) is 49.5. The van der Waals surface area contributed by atoms with Crippen LogP contribution in [0, 0.1) is 11.3 Å². The van der Waals surface area contributed by atoms with Crippen LogP contribution >= 0.6 is 11.3 Å². The largest absolute Gasteiger partial charge is 0.464 e. The minimum Gasteiger partial charge on any atom is -0.464 e. The molecule has 4 amide bonds. The van der Waals surface area contributed by atoms with Gasteiger partial charge in [0.05, 0.1) is 48.0 Å². The lowest BCUT2D eigenvalue weighted by Crippen LogP contribution is -2.62. The third kappa shape index (κ3) is 10.5. The fourth-order valence-electron chi connectivity index (χ4n) is 10.5. The number of likely N-dealkylation sites (tertiary alicyclic amines) is 1. The molecule has 1 unspecified atom stereocenters. The van der Waals surface area contributed by atoms with E-state index in [1.165, 1.54) is 26.8 Å². The Morgan fingerprint density at radius 2 is 1.81 bits per heavy atom. The number of ether oxygens (including phenoxy) is 3. The number of piperidine rings is 1. The van der Waals surface area contributed by atoms with Crippen molar-refractivity contribution in [1.29, 1.82) is 0 Å². The van der Waals surface area contributed by atoms with E-state index in [1.807, 2.05) is 19.2 Å². The summed E-state index contributed by atoms with van der Waals surface area (Å²) in [6.07, 6.45) is 5.67. The topological polar surface area (TPSA) is 164 Å². The number of thiazole rings is 1. The van der Waals surface area contributed by atoms with Gasteiger partial charge in [0.25, 0.3) is 5.91 Å². The van der Waals surface area contributed by atoms with E-state index in [0.717, 1.165) is 70.6 Å². The third-order valence-electron chi connectivity index (χ3n) is 14.3. The summed E-state index contributed by atoms with van der Waals surface area (Å²) in [5, 5.41) is 8.25. The number of morpholine rings is 1. The third-order valence-corrected chi connectivity index (χ3v) is 15.2. The van der Waals surface area contributed by atoms with Crippen molar-refractivity contribution in [1.82, 2.24) is 45.0 Å². The average molecular weight is 954 g/mol. The van der Waals surface area contributed by atoms with Gasteiger partial charge in [-0.15, -0.1) is 11.3 Å². The number of hydrogen-bond acceptors (Lipinski definition) is 12. The molecule has 368 valence electrons. The number of cyclic esters (lactones) is 1. The first-order chi connectivity index (χ1) is 32.6. The van der Waals surface area contributed by atoms with Gasteiger partial charge in [0, 0.05) is 85.8 Å². The zero-order valence-electron chi connectivity index (χ0n) is 41.4. The SMILES string of the molecule is CCn1c(-c2cc(C3CCN(C)CC3)cnc2[C@H](C)OC)c2c3cc(ccc31)-c1csc(n1)C[C@H](NC(=O)C(C(C)C)N(C)C(=O)N1CCOCC1)C(=O)N1CCC[C@H](N1)C(=O)OCC(C)(C)C2. The summed E-state index contributed by atoms with van der Waals surface area (Å²) in [5.41, 5.74) is 10.8. The molecule has 0 aliphatic carbocycles. The number of hydrogen-bond donors (Lipinski definition) is 2. The number of benzene rings is 1. The van der Waals surface area contributed by atoms with Gasteiger partial charge in [-0.1, -0.05) is 33.8 Å². The van der Waals surface area contributed by atoms with Crippen LogP contribution < -0.4 is 10.7 Å². The monoisotopic (exact) mass is 954 g/mol. The fraction of sp³-hybridized carbons (Fsp3) is 0.608. The van der Waals surface area contributed by atoms with Gasteiger partial charge in [0.1, 0.15) is 18.1 Å². The number of esters is 1. The number of carbonyl (C=O) groups is 4. The van der Waals surface area contributed by atoms with E-state index in [-0.39, 0.29) is 31.1 Å². The molecule has 4 atom stereocenters. The smallest absolute Gasteiger partial charge is 0.324 e. The molecule has 0 radical (unpaired) electrons. The van der Waals surface area contributed by atoms with E-state index in [9.17, 15) is 19.2 Å². The number of likely N-dealkylation sites (N-methyl/N-ethyl adjacent to an activating group) is 1. The minimum atomic E-state index is -1.05. The highest BCUT2D eigenvalue weighted by molar-refractivity contribution is 7.10. The maximum atomic E-state index is 14.6. The molecule has 68 heavy (non-hydrogen) atoms. The Morgan fingerprint density at radius 1 is 1.06 bits per heavy atom. The van der Waals surface area contributed by atoms with E-state index >= 15 is 0 Å². The Kier molecular flexibility index (Phi) is 15.3. The van der Waals surface area contributed by atoms with Crippen LogP contribution in [0.1, 0.15) is 101 Å². The van der Waals surface area contributed by atoms with Gasteiger partial charge in [-0.2, -0.15) is 0 Å². The average Bonchev–Trinajstić information content (AvgIpc) is 3.93. The molecule has 1 aromatic carbocycles.